The highest BCUT2D eigenvalue weighted by Crippen LogP contribution is 2.08. The first-order valence-corrected chi connectivity index (χ1v) is 4.78. The normalized spacial score (nSPS) is 8.77. The summed E-state index contributed by atoms with van der Waals surface area (Å²) in [7, 11) is 1.31. The molecule has 0 radical (unpaired) electrons. The van der Waals surface area contributed by atoms with Crippen LogP contribution in [0.1, 0.15) is 15.5 Å². The zero-order valence-electron chi connectivity index (χ0n) is 6.83. The Balaban J connectivity index is 2.80. The van der Waals surface area contributed by atoms with Crippen molar-refractivity contribution in [2.45, 2.75) is 0 Å². The van der Waals surface area contributed by atoms with Crippen LogP contribution in [0.3, 0.4) is 0 Å². The van der Waals surface area contributed by atoms with Crippen LogP contribution >= 0.6 is 22.9 Å². The van der Waals surface area contributed by atoms with Crippen LogP contribution in [0, 0.1) is 11.8 Å². The third kappa shape index (κ3) is 2.72. The zero-order valence-corrected chi connectivity index (χ0v) is 8.41. The van der Waals surface area contributed by atoms with Crippen molar-refractivity contribution in [1.82, 2.24) is 4.98 Å². The number of nitrogens with zero attached hydrogens (tertiary/aromatic N) is 1. The highest BCUT2D eigenvalue weighted by molar-refractivity contribution is 7.10. The van der Waals surface area contributed by atoms with Gasteiger partial charge >= 0.3 is 5.97 Å². The molecular weight excluding hydrogens is 210 g/mol. The maximum Gasteiger partial charge on any atom is 0.357 e. The minimum absolute atomic E-state index is 0.257. The number of halogens is 1. The molecule has 0 spiro atoms. The monoisotopic (exact) mass is 215 g/mol. The second-order valence-electron chi connectivity index (χ2n) is 1.96. The van der Waals surface area contributed by atoms with E-state index >= 15 is 0 Å². The third-order valence-corrected chi connectivity index (χ3v) is 2.05. The van der Waals surface area contributed by atoms with Gasteiger partial charge in [0.05, 0.1) is 13.0 Å². The van der Waals surface area contributed by atoms with Crippen molar-refractivity contribution in [3.05, 3.63) is 16.1 Å². The summed E-state index contributed by atoms with van der Waals surface area (Å²) < 4.78 is 4.49. The molecule has 0 fully saturated rings. The Morgan fingerprint density at radius 1 is 1.85 bits per heavy atom. The lowest BCUT2D eigenvalue weighted by atomic mass is 10.5. The quantitative estimate of drug-likeness (QED) is 0.405. The van der Waals surface area contributed by atoms with Crippen molar-refractivity contribution < 1.29 is 9.53 Å². The lowest BCUT2D eigenvalue weighted by molar-refractivity contribution is 0.0595. The van der Waals surface area contributed by atoms with Gasteiger partial charge in [0.15, 0.2) is 10.7 Å². The molecule has 0 aliphatic rings. The summed E-state index contributed by atoms with van der Waals surface area (Å²) in [5.41, 5.74) is 0.284. The second-order valence-corrected chi connectivity index (χ2v) is 3.09. The van der Waals surface area contributed by atoms with Crippen molar-refractivity contribution in [3.63, 3.8) is 0 Å². The predicted molar refractivity (Wildman–Crippen MR) is 51.1 cm³/mol. The minimum atomic E-state index is -0.449. The van der Waals surface area contributed by atoms with Crippen LogP contribution in [-0.4, -0.2) is 23.9 Å². The van der Waals surface area contributed by atoms with Crippen LogP contribution in [0.5, 0.6) is 0 Å². The molecule has 1 aromatic rings. The number of hydrogen-bond acceptors (Lipinski definition) is 4. The summed E-state index contributed by atoms with van der Waals surface area (Å²) >= 11 is 6.65. The number of carbonyl (C=O) groups excluding carboxylic acids is 1. The summed E-state index contributed by atoms with van der Waals surface area (Å²) in [6.07, 6.45) is 0. The van der Waals surface area contributed by atoms with Gasteiger partial charge in [-0.25, -0.2) is 9.78 Å². The summed E-state index contributed by atoms with van der Waals surface area (Å²) in [4.78, 5) is 14.9. The van der Waals surface area contributed by atoms with E-state index in [1.54, 1.807) is 5.38 Å². The Hall–Kier alpha value is -1.05. The van der Waals surface area contributed by atoms with E-state index in [1.165, 1.54) is 18.4 Å². The first-order chi connectivity index (χ1) is 6.27. The lowest BCUT2D eigenvalue weighted by Crippen LogP contribution is -2.00. The van der Waals surface area contributed by atoms with E-state index in [2.05, 4.69) is 21.6 Å². The van der Waals surface area contributed by atoms with Gasteiger partial charge in [-0.05, 0) is 5.92 Å². The maximum absolute atomic E-state index is 10.9. The Kier molecular flexibility index (Phi) is 3.74. The Labute approximate surface area is 84.7 Å². The topological polar surface area (TPSA) is 39.2 Å². The molecule has 0 aromatic carbocycles. The number of hydrogen-bond donors (Lipinski definition) is 0. The molecular formula is C8H6ClNO2S. The number of rotatable bonds is 1. The van der Waals surface area contributed by atoms with Crippen molar-refractivity contribution in [3.8, 4) is 11.8 Å². The number of aromatic nitrogens is 1. The minimum Gasteiger partial charge on any atom is -0.464 e. The molecule has 13 heavy (non-hydrogen) atoms. The van der Waals surface area contributed by atoms with Gasteiger partial charge in [0.1, 0.15) is 0 Å². The molecule has 5 heteroatoms. The third-order valence-electron chi connectivity index (χ3n) is 1.16. The molecule has 0 saturated heterocycles. The van der Waals surface area contributed by atoms with E-state index in [1.807, 2.05) is 0 Å². The molecule has 1 heterocycles. The summed E-state index contributed by atoms with van der Waals surface area (Å²) in [6.45, 7) is 0. The highest BCUT2D eigenvalue weighted by Gasteiger charge is 2.08. The molecule has 0 aliphatic carbocycles. The van der Waals surface area contributed by atoms with Gasteiger partial charge in [-0.3, -0.25) is 0 Å². The fraction of sp³-hybridized carbons (Fsp3) is 0.250. The molecule has 1 aromatic heterocycles. The van der Waals surface area contributed by atoms with Crippen LogP contribution in [0.25, 0.3) is 0 Å². The van der Waals surface area contributed by atoms with E-state index in [0.717, 1.165) is 0 Å². The number of methoxy groups -OCH3 is 1. The molecule has 0 atom stereocenters. The van der Waals surface area contributed by atoms with E-state index in [0.29, 0.717) is 5.01 Å². The Morgan fingerprint density at radius 3 is 3.23 bits per heavy atom. The van der Waals surface area contributed by atoms with E-state index < -0.39 is 5.97 Å². The Bertz CT molecular complexity index is 364. The first kappa shape index (κ1) is 10.0. The average Bonchev–Trinajstić information content (AvgIpc) is 2.62. The number of thiazole rings is 1. The van der Waals surface area contributed by atoms with Gasteiger partial charge < -0.3 is 4.74 Å². The number of alkyl halides is 1. The maximum atomic E-state index is 10.9. The lowest BCUT2D eigenvalue weighted by Gasteiger charge is -1.89. The molecule has 0 bridgehead atoms. The largest absolute Gasteiger partial charge is 0.464 e. The van der Waals surface area contributed by atoms with Gasteiger partial charge in [-0.15, -0.1) is 22.9 Å². The predicted octanol–water partition coefficient (Wildman–Crippen LogP) is 1.52. The average molecular weight is 216 g/mol. The Morgan fingerprint density at radius 2 is 2.62 bits per heavy atom. The molecule has 3 nitrogen and oxygen atoms in total. The number of carbonyl (C=O) groups is 1. The van der Waals surface area contributed by atoms with Gasteiger partial charge in [-0.1, -0.05) is 5.92 Å². The van der Waals surface area contributed by atoms with E-state index in [9.17, 15) is 4.79 Å². The zero-order chi connectivity index (χ0) is 9.68. The van der Waals surface area contributed by atoms with Crippen molar-refractivity contribution in [2.75, 3.05) is 13.0 Å². The standard InChI is InChI=1S/C8H6ClNO2S/c1-12-8(11)6-5-13-7(10-6)3-2-4-9/h5H,4H2,1H3. The van der Waals surface area contributed by atoms with Crippen LogP contribution < -0.4 is 0 Å². The summed E-state index contributed by atoms with van der Waals surface area (Å²) in [5.74, 6) is 5.17. The van der Waals surface area contributed by atoms with Crippen LogP contribution in [0.2, 0.25) is 0 Å². The van der Waals surface area contributed by atoms with E-state index in [-0.39, 0.29) is 11.6 Å². The van der Waals surface area contributed by atoms with E-state index in [4.69, 9.17) is 11.6 Å². The van der Waals surface area contributed by atoms with Crippen LogP contribution in [0.15, 0.2) is 5.38 Å². The number of ether oxygens (including phenoxy) is 1. The fourth-order valence-corrected chi connectivity index (χ4v) is 1.36. The van der Waals surface area contributed by atoms with Gasteiger partial charge in [0.2, 0.25) is 0 Å². The van der Waals surface area contributed by atoms with Gasteiger partial charge in [-0.2, -0.15) is 0 Å². The van der Waals surface area contributed by atoms with Crippen molar-refractivity contribution in [1.29, 1.82) is 0 Å². The van der Waals surface area contributed by atoms with Crippen molar-refractivity contribution in [2.24, 2.45) is 0 Å². The smallest absolute Gasteiger partial charge is 0.357 e. The van der Waals surface area contributed by atoms with Crippen molar-refractivity contribution >= 4 is 28.9 Å². The summed E-state index contributed by atoms with van der Waals surface area (Å²) in [6, 6.07) is 0. The number of esters is 1. The fourth-order valence-electron chi connectivity index (χ4n) is 0.638. The second kappa shape index (κ2) is 4.85. The molecule has 68 valence electrons. The molecule has 0 saturated carbocycles. The molecule has 1 rings (SSSR count). The summed E-state index contributed by atoms with van der Waals surface area (Å²) in [5, 5.41) is 2.17. The molecule has 0 amide bonds. The molecule has 0 N–H and O–H groups in total. The first-order valence-electron chi connectivity index (χ1n) is 3.36. The van der Waals surface area contributed by atoms with Crippen LogP contribution in [-0.2, 0) is 4.74 Å². The van der Waals surface area contributed by atoms with Gasteiger partial charge in [0, 0.05) is 5.38 Å². The molecule has 0 aliphatic heterocycles. The SMILES string of the molecule is COC(=O)c1csc(C#CCCl)n1. The van der Waals surface area contributed by atoms with Gasteiger partial charge in [0.25, 0.3) is 0 Å². The highest BCUT2D eigenvalue weighted by atomic mass is 35.5. The van der Waals surface area contributed by atoms with Crippen LogP contribution in [0.4, 0.5) is 0 Å². The molecule has 0 unspecified atom stereocenters.